The molecule has 0 aliphatic rings. The predicted molar refractivity (Wildman–Crippen MR) is 80.7 cm³/mol. The molecule has 5 nitrogen and oxygen atoms in total. The zero-order valence-corrected chi connectivity index (χ0v) is 12.1. The third-order valence-electron chi connectivity index (χ3n) is 3.07. The molecule has 1 heterocycles. The highest BCUT2D eigenvalue weighted by molar-refractivity contribution is 7.87. The van der Waals surface area contributed by atoms with Crippen LogP contribution in [0.3, 0.4) is 0 Å². The van der Waals surface area contributed by atoms with Gasteiger partial charge in [0, 0.05) is 11.6 Å². The molecule has 0 N–H and O–H groups in total. The van der Waals surface area contributed by atoms with E-state index in [0.717, 1.165) is 5.39 Å². The quantitative estimate of drug-likeness (QED) is 0.695. The first-order valence-corrected chi connectivity index (χ1v) is 7.79. The Kier molecular flexibility index (Phi) is 3.49. The predicted octanol–water partition coefficient (Wildman–Crippen LogP) is 2.87. The summed E-state index contributed by atoms with van der Waals surface area (Å²) >= 11 is 0. The van der Waals surface area contributed by atoms with Crippen LogP contribution in [0.4, 0.5) is 0 Å². The summed E-state index contributed by atoms with van der Waals surface area (Å²) in [7, 11) is -3.98. The number of nitrogens with zero attached hydrogens (tertiary/aromatic N) is 2. The normalized spacial score (nSPS) is 11.0. The van der Waals surface area contributed by atoms with E-state index in [1.165, 1.54) is 24.3 Å². The number of para-hydroxylation sites is 1. The van der Waals surface area contributed by atoms with Gasteiger partial charge in [0.05, 0.1) is 11.6 Å². The zero-order chi connectivity index (χ0) is 15.6. The summed E-state index contributed by atoms with van der Waals surface area (Å²) in [4.78, 5) is 4.14. The third-order valence-corrected chi connectivity index (χ3v) is 4.32. The van der Waals surface area contributed by atoms with Gasteiger partial charge in [-0.15, -0.1) is 0 Å². The van der Waals surface area contributed by atoms with Crippen LogP contribution in [-0.2, 0) is 10.1 Å². The van der Waals surface area contributed by atoms with Gasteiger partial charge in [0.2, 0.25) is 0 Å². The third kappa shape index (κ3) is 2.62. The number of pyridine rings is 1. The van der Waals surface area contributed by atoms with E-state index in [1.807, 2.05) is 18.2 Å². The maximum atomic E-state index is 12.3. The van der Waals surface area contributed by atoms with Crippen molar-refractivity contribution < 1.29 is 12.6 Å². The first-order valence-electron chi connectivity index (χ1n) is 6.38. The largest absolute Gasteiger partial charge is 0.377 e. The molecule has 3 aromatic rings. The molecule has 22 heavy (non-hydrogen) atoms. The zero-order valence-electron chi connectivity index (χ0n) is 11.3. The Bertz CT molecular complexity index is 969. The Morgan fingerprint density at radius 1 is 1.00 bits per heavy atom. The summed E-state index contributed by atoms with van der Waals surface area (Å²) in [5, 5.41) is 9.53. The van der Waals surface area contributed by atoms with Crippen molar-refractivity contribution in [2.24, 2.45) is 0 Å². The number of fused-ring (bicyclic) bond motifs is 1. The van der Waals surface area contributed by atoms with Gasteiger partial charge >= 0.3 is 10.1 Å². The van der Waals surface area contributed by atoms with Gasteiger partial charge in [0.15, 0.2) is 5.75 Å². The Balaban J connectivity index is 2.01. The molecule has 0 aliphatic carbocycles. The second-order valence-corrected chi connectivity index (χ2v) is 6.05. The molecule has 0 unspecified atom stereocenters. The van der Waals surface area contributed by atoms with E-state index in [9.17, 15) is 8.42 Å². The molecule has 2 aromatic carbocycles. The van der Waals surface area contributed by atoms with E-state index < -0.39 is 10.1 Å². The van der Waals surface area contributed by atoms with Crippen LogP contribution in [0.25, 0.3) is 10.9 Å². The minimum absolute atomic E-state index is 0.0144. The van der Waals surface area contributed by atoms with E-state index in [2.05, 4.69) is 4.98 Å². The minimum Gasteiger partial charge on any atom is -0.377 e. The lowest BCUT2D eigenvalue weighted by Gasteiger charge is -2.09. The van der Waals surface area contributed by atoms with Crippen molar-refractivity contribution in [3.05, 3.63) is 66.4 Å². The molecule has 0 spiro atoms. The van der Waals surface area contributed by atoms with Crippen molar-refractivity contribution in [2.45, 2.75) is 4.90 Å². The number of aromatic nitrogens is 1. The molecule has 108 valence electrons. The van der Waals surface area contributed by atoms with Crippen molar-refractivity contribution >= 4 is 21.0 Å². The number of rotatable bonds is 3. The smallest absolute Gasteiger partial charge is 0.339 e. The van der Waals surface area contributed by atoms with Crippen LogP contribution in [-0.4, -0.2) is 13.4 Å². The maximum Gasteiger partial charge on any atom is 0.339 e. The van der Waals surface area contributed by atoms with Crippen LogP contribution < -0.4 is 4.18 Å². The highest BCUT2D eigenvalue weighted by atomic mass is 32.2. The Morgan fingerprint density at radius 3 is 2.45 bits per heavy atom. The lowest BCUT2D eigenvalue weighted by molar-refractivity contribution is 0.488. The fraction of sp³-hybridized carbons (Fsp3) is 0. The average Bonchev–Trinajstić information content (AvgIpc) is 2.55. The lowest BCUT2D eigenvalue weighted by atomic mass is 10.2. The summed E-state index contributed by atoms with van der Waals surface area (Å²) in [6, 6.07) is 16.1. The van der Waals surface area contributed by atoms with E-state index in [0.29, 0.717) is 11.1 Å². The van der Waals surface area contributed by atoms with Crippen molar-refractivity contribution in [2.75, 3.05) is 0 Å². The van der Waals surface area contributed by atoms with Crippen molar-refractivity contribution in [1.29, 1.82) is 5.26 Å². The summed E-state index contributed by atoms with van der Waals surface area (Å²) in [6.07, 6.45) is 1.57. The number of benzene rings is 2. The topological polar surface area (TPSA) is 80.0 Å². The molecule has 0 saturated heterocycles. The first-order chi connectivity index (χ1) is 10.6. The van der Waals surface area contributed by atoms with Gasteiger partial charge in [-0.3, -0.25) is 4.98 Å². The van der Waals surface area contributed by atoms with Gasteiger partial charge < -0.3 is 4.18 Å². The second-order valence-electron chi connectivity index (χ2n) is 4.50. The molecule has 0 atom stereocenters. The summed E-state index contributed by atoms with van der Waals surface area (Å²) in [5.41, 5.74) is 0.855. The second kappa shape index (κ2) is 5.47. The summed E-state index contributed by atoms with van der Waals surface area (Å²) in [5.74, 6) is 0.169. The molecule has 0 amide bonds. The van der Waals surface area contributed by atoms with Crippen LogP contribution >= 0.6 is 0 Å². The molecule has 1 aromatic heterocycles. The highest BCUT2D eigenvalue weighted by Gasteiger charge is 2.18. The van der Waals surface area contributed by atoms with Crippen molar-refractivity contribution in [3.63, 3.8) is 0 Å². The van der Waals surface area contributed by atoms with E-state index in [1.54, 1.807) is 24.4 Å². The Hall–Kier alpha value is -2.91. The van der Waals surface area contributed by atoms with Crippen molar-refractivity contribution in [1.82, 2.24) is 4.98 Å². The molecule has 6 heteroatoms. The van der Waals surface area contributed by atoms with Crippen LogP contribution in [0.2, 0.25) is 0 Å². The van der Waals surface area contributed by atoms with Gasteiger partial charge in [0.1, 0.15) is 10.4 Å². The van der Waals surface area contributed by atoms with Gasteiger partial charge in [0.25, 0.3) is 0 Å². The average molecular weight is 310 g/mol. The monoisotopic (exact) mass is 310 g/mol. The molecule has 0 bridgehead atoms. The van der Waals surface area contributed by atoms with Gasteiger partial charge in [-0.05, 0) is 36.4 Å². The molecule has 0 aliphatic heterocycles. The summed E-state index contributed by atoms with van der Waals surface area (Å²) in [6.45, 7) is 0. The minimum atomic E-state index is -3.98. The fourth-order valence-electron chi connectivity index (χ4n) is 2.01. The van der Waals surface area contributed by atoms with E-state index in [4.69, 9.17) is 9.44 Å². The molecular weight excluding hydrogens is 300 g/mol. The van der Waals surface area contributed by atoms with E-state index in [-0.39, 0.29) is 10.6 Å². The van der Waals surface area contributed by atoms with Crippen molar-refractivity contribution in [3.8, 4) is 11.8 Å². The number of hydrogen-bond donors (Lipinski definition) is 0. The lowest BCUT2D eigenvalue weighted by Crippen LogP contribution is -2.10. The summed E-state index contributed by atoms with van der Waals surface area (Å²) < 4.78 is 29.8. The standard InChI is InChI=1S/C16H10N2O3S/c17-11-12-6-8-14(9-7-12)22(19,20)21-15-5-1-3-13-4-2-10-18-16(13)15/h1-10H. The highest BCUT2D eigenvalue weighted by Crippen LogP contribution is 2.26. The SMILES string of the molecule is N#Cc1ccc(S(=O)(=O)Oc2cccc3cccnc23)cc1. The van der Waals surface area contributed by atoms with Crippen LogP contribution in [0.5, 0.6) is 5.75 Å². The van der Waals surface area contributed by atoms with Crippen LogP contribution in [0, 0.1) is 11.3 Å². The van der Waals surface area contributed by atoms with Crippen LogP contribution in [0.15, 0.2) is 65.7 Å². The van der Waals surface area contributed by atoms with Gasteiger partial charge in [-0.1, -0.05) is 18.2 Å². The maximum absolute atomic E-state index is 12.3. The fourth-order valence-corrected chi connectivity index (χ4v) is 2.94. The molecular formula is C16H10N2O3S. The van der Waals surface area contributed by atoms with Gasteiger partial charge in [-0.25, -0.2) is 0 Å². The first kappa shape index (κ1) is 14.0. The van der Waals surface area contributed by atoms with Gasteiger partial charge in [-0.2, -0.15) is 13.7 Å². The Morgan fingerprint density at radius 2 is 1.73 bits per heavy atom. The number of hydrogen-bond acceptors (Lipinski definition) is 5. The van der Waals surface area contributed by atoms with E-state index >= 15 is 0 Å². The molecule has 0 radical (unpaired) electrons. The number of nitriles is 1. The van der Waals surface area contributed by atoms with Crippen LogP contribution in [0.1, 0.15) is 5.56 Å². The molecule has 3 rings (SSSR count). The molecule has 0 fully saturated rings. The Labute approximate surface area is 127 Å². The molecule has 0 saturated carbocycles.